The minimum absolute atomic E-state index is 0.0230. The number of carbonyl (C=O) groups is 1. The van der Waals surface area contributed by atoms with Crippen LogP contribution in [0.5, 0.6) is 0 Å². The number of pyridine rings is 2. The monoisotopic (exact) mass is 402 g/mol. The van der Waals surface area contributed by atoms with E-state index in [1.165, 1.54) is 11.3 Å². The van der Waals surface area contributed by atoms with Gasteiger partial charge in [0.05, 0.1) is 17.8 Å². The van der Waals surface area contributed by atoms with Crippen molar-refractivity contribution < 1.29 is 4.79 Å². The lowest BCUT2D eigenvalue weighted by Crippen LogP contribution is -2.32. The summed E-state index contributed by atoms with van der Waals surface area (Å²) in [5.41, 5.74) is 1.57. The number of carbonyl (C=O) groups excluding carboxylic acids is 1. The molecule has 0 aliphatic rings. The first kappa shape index (κ1) is 16.7. The summed E-state index contributed by atoms with van der Waals surface area (Å²) in [5, 5.41) is 2.73. The molecule has 0 aliphatic carbocycles. The zero-order chi connectivity index (χ0) is 16.9. The van der Waals surface area contributed by atoms with Crippen LogP contribution in [-0.2, 0) is 11.2 Å². The SMILES string of the molecule is CCN(C(=O)Cc1csc(-c2ccccn2)n1)c1ccc(Br)cn1. The van der Waals surface area contributed by atoms with E-state index in [4.69, 9.17) is 0 Å². The minimum Gasteiger partial charge on any atom is -0.297 e. The van der Waals surface area contributed by atoms with Gasteiger partial charge in [-0.3, -0.25) is 14.7 Å². The van der Waals surface area contributed by atoms with Gasteiger partial charge in [-0.05, 0) is 47.1 Å². The number of hydrogen-bond acceptors (Lipinski definition) is 5. The van der Waals surface area contributed by atoms with Crippen molar-refractivity contribution in [2.45, 2.75) is 13.3 Å². The smallest absolute Gasteiger partial charge is 0.234 e. The molecule has 0 atom stereocenters. The maximum Gasteiger partial charge on any atom is 0.234 e. The fourth-order valence-corrected chi connectivity index (χ4v) is 3.27. The normalized spacial score (nSPS) is 10.6. The van der Waals surface area contributed by atoms with Gasteiger partial charge in [0.15, 0.2) is 0 Å². The summed E-state index contributed by atoms with van der Waals surface area (Å²) in [4.78, 5) is 27.4. The summed E-state index contributed by atoms with van der Waals surface area (Å²) in [7, 11) is 0. The van der Waals surface area contributed by atoms with Crippen molar-refractivity contribution in [3.8, 4) is 10.7 Å². The molecule has 0 spiro atoms. The van der Waals surface area contributed by atoms with Gasteiger partial charge >= 0.3 is 0 Å². The van der Waals surface area contributed by atoms with Gasteiger partial charge in [0.25, 0.3) is 0 Å². The highest BCUT2D eigenvalue weighted by molar-refractivity contribution is 9.10. The van der Waals surface area contributed by atoms with Crippen molar-refractivity contribution in [3.05, 3.63) is 58.3 Å². The van der Waals surface area contributed by atoms with Crippen LogP contribution in [0, 0.1) is 0 Å². The molecule has 3 aromatic rings. The van der Waals surface area contributed by atoms with Gasteiger partial charge in [-0.15, -0.1) is 11.3 Å². The number of hydrogen-bond donors (Lipinski definition) is 0. The van der Waals surface area contributed by atoms with Crippen LogP contribution in [-0.4, -0.2) is 27.4 Å². The molecule has 24 heavy (non-hydrogen) atoms. The number of likely N-dealkylation sites (N-methyl/N-ethyl adjacent to an activating group) is 1. The largest absolute Gasteiger partial charge is 0.297 e. The molecule has 0 N–H and O–H groups in total. The van der Waals surface area contributed by atoms with E-state index in [0.717, 1.165) is 20.9 Å². The highest BCUT2D eigenvalue weighted by Gasteiger charge is 2.17. The van der Waals surface area contributed by atoms with Gasteiger partial charge in [0, 0.05) is 28.8 Å². The second kappa shape index (κ2) is 7.63. The Kier molecular flexibility index (Phi) is 5.32. The van der Waals surface area contributed by atoms with Crippen molar-refractivity contribution in [3.63, 3.8) is 0 Å². The number of aromatic nitrogens is 3. The van der Waals surface area contributed by atoms with Crippen molar-refractivity contribution >= 4 is 39.0 Å². The molecule has 0 aliphatic heterocycles. The molecule has 1 amide bonds. The maximum atomic E-state index is 12.6. The summed E-state index contributed by atoms with van der Waals surface area (Å²) >= 11 is 4.85. The molecule has 7 heteroatoms. The highest BCUT2D eigenvalue weighted by Crippen LogP contribution is 2.22. The highest BCUT2D eigenvalue weighted by atomic mass is 79.9. The summed E-state index contributed by atoms with van der Waals surface area (Å²) in [6.45, 7) is 2.49. The molecule has 5 nitrogen and oxygen atoms in total. The Morgan fingerprint density at radius 1 is 1.25 bits per heavy atom. The second-order valence-corrected chi connectivity index (χ2v) is 6.78. The standard InChI is InChI=1S/C17H15BrN4OS/c1-2-22(15-7-6-12(18)10-20-15)16(23)9-13-11-24-17(21-13)14-5-3-4-8-19-14/h3-8,10-11H,2,9H2,1H3. The fourth-order valence-electron chi connectivity index (χ4n) is 2.24. The molecule has 0 aromatic carbocycles. The van der Waals surface area contributed by atoms with Gasteiger partial charge in [-0.2, -0.15) is 0 Å². The maximum absolute atomic E-state index is 12.6. The molecule has 0 radical (unpaired) electrons. The van der Waals surface area contributed by atoms with Gasteiger partial charge in [-0.25, -0.2) is 9.97 Å². The van der Waals surface area contributed by atoms with Gasteiger partial charge in [-0.1, -0.05) is 6.07 Å². The van der Waals surface area contributed by atoms with Crippen LogP contribution in [0.3, 0.4) is 0 Å². The molecule has 3 heterocycles. The van der Waals surface area contributed by atoms with E-state index in [9.17, 15) is 4.79 Å². The lowest BCUT2D eigenvalue weighted by atomic mass is 10.3. The average Bonchev–Trinajstić information content (AvgIpc) is 3.06. The van der Waals surface area contributed by atoms with Crippen LogP contribution in [0.15, 0.2) is 52.6 Å². The van der Waals surface area contributed by atoms with Crippen LogP contribution in [0.25, 0.3) is 10.7 Å². The van der Waals surface area contributed by atoms with Crippen molar-refractivity contribution in [2.75, 3.05) is 11.4 Å². The summed E-state index contributed by atoms with van der Waals surface area (Å²) in [6, 6.07) is 9.40. The number of thiazole rings is 1. The van der Waals surface area contributed by atoms with E-state index in [0.29, 0.717) is 12.4 Å². The third-order valence-corrected chi connectivity index (χ3v) is 4.76. The first-order valence-corrected chi connectivity index (χ1v) is 9.12. The van der Waals surface area contributed by atoms with E-state index in [1.54, 1.807) is 17.3 Å². The lowest BCUT2D eigenvalue weighted by Gasteiger charge is -2.19. The predicted octanol–water partition coefficient (Wildman–Crippen LogP) is 3.96. The Morgan fingerprint density at radius 3 is 2.79 bits per heavy atom. The van der Waals surface area contributed by atoms with Gasteiger partial charge in [0.2, 0.25) is 5.91 Å². The molecule has 0 bridgehead atoms. The van der Waals surface area contributed by atoms with E-state index < -0.39 is 0 Å². The molecule has 0 unspecified atom stereocenters. The Labute approximate surface area is 152 Å². The topological polar surface area (TPSA) is 59.0 Å². The van der Waals surface area contributed by atoms with E-state index in [2.05, 4.69) is 30.9 Å². The van der Waals surface area contributed by atoms with Gasteiger partial charge in [0.1, 0.15) is 10.8 Å². The molecule has 0 saturated heterocycles. The Hall–Kier alpha value is -2.12. The third-order valence-electron chi connectivity index (χ3n) is 3.37. The Balaban J connectivity index is 1.74. The third kappa shape index (κ3) is 3.85. The van der Waals surface area contributed by atoms with Crippen molar-refractivity contribution in [2.24, 2.45) is 0 Å². The number of nitrogens with zero attached hydrogens (tertiary/aromatic N) is 4. The Morgan fingerprint density at radius 2 is 2.12 bits per heavy atom. The first-order chi connectivity index (χ1) is 11.7. The first-order valence-electron chi connectivity index (χ1n) is 7.45. The zero-order valence-electron chi connectivity index (χ0n) is 13.0. The molecule has 0 fully saturated rings. The second-order valence-electron chi connectivity index (χ2n) is 5.01. The van der Waals surface area contributed by atoms with Crippen molar-refractivity contribution in [1.29, 1.82) is 0 Å². The van der Waals surface area contributed by atoms with Crippen LogP contribution in [0.4, 0.5) is 5.82 Å². The molecular formula is C17H15BrN4OS. The molecular weight excluding hydrogens is 388 g/mol. The minimum atomic E-state index is -0.0230. The molecule has 3 rings (SSSR count). The number of amides is 1. The average molecular weight is 403 g/mol. The van der Waals surface area contributed by atoms with Crippen LogP contribution in [0.2, 0.25) is 0 Å². The Bertz CT molecular complexity index is 820. The van der Waals surface area contributed by atoms with E-state index in [-0.39, 0.29) is 12.3 Å². The van der Waals surface area contributed by atoms with Crippen molar-refractivity contribution in [1.82, 2.24) is 15.0 Å². The van der Waals surface area contributed by atoms with Crippen LogP contribution < -0.4 is 4.90 Å². The molecule has 0 saturated carbocycles. The molecule has 122 valence electrons. The van der Waals surface area contributed by atoms with E-state index in [1.807, 2.05) is 42.6 Å². The van der Waals surface area contributed by atoms with Crippen LogP contribution in [0.1, 0.15) is 12.6 Å². The lowest BCUT2D eigenvalue weighted by molar-refractivity contribution is -0.118. The predicted molar refractivity (Wildman–Crippen MR) is 99.0 cm³/mol. The van der Waals surface area contributed by atoms with Gasteiger partial charge < -0.3 is 0 Å². The number of anilines is 1. The zero-order valence-corrected chi connectivity index (χ0v) is 15.4. The summed E-state index contributed by atoms with van der Waals surface area (Å²) in [6.07, 6.45) is 3.67. The number of rotatable bonds is 5. The quantitative estimate of drug-likeness (QED) is 0.647. The van der Waals surface area contributed by atoms with Crippen LogP contribution >= 0.6 is 27.3 Å². The number of halogens is 1. The van der Waals surface area contributed by atoms with E-state index >= 15 is 0 Å². The fraction of sp³-hybridized carbons (Fsp3) is 0.176. The molecule has 3 aromatic heterocycles. The summed E-state index contributed by atoms with van der Waals surface area (Å²) < 4.78 is 0.884. The summed E-state index contributed by atoms with van der Waals surface area (Å²) in [5.74, 6) is 0.621.